The molecule has 0 bridgehead atoms. The number of amides is 1. The largest absolute Gasteiger partial charge is 0.466 e. The van der Waals surface area contributed by atoms with E-state index in [0.29, 0.717) is 4.34 Å². The van der Waals surface area contributed by atoms with Crippen molar-refractivity contribution in [2.45, 2.75) is 13.3 Å². The van der Waals surface area contributed by atoms with Crippen molar-refractivity contribution in [2.75, 3.05) is 11.9 Å². The van der Waals surface area contributed by atoms with Crippen LogP contribution in [-0.4, -0.2) is 29.3 Å². The Balaban J connectivity index is 1.80. The van der Waals surface area contributed by atoms with Crippen LogP contribution in [0.4, 0.5) is 5.00 Å². The van der Waals surface area contributed by atoms with E-state index in [9.17, 15) is 14.4 Å². The number of nitrogens with one attached hydrogen (secondary N) is 1. The number of ketones is 1. The van der Waals surface area contributed by atoms with Crippen LogP contribution in [0.1, 0.15) is 33.5 Å². The number of carbonyl (C=O) groups is 3. The van der Waals surface area contributed by atoms with Gasteiger partial charge < -0.3 is 10.1 Å². The van der Waals surface area contributed by atoms with Crippen molar-refractivity contribution >= 4 is 67.2 Å². The quantitative estimate of drug-likeness (QED) is 0.371. The van der Waals surface area contributed by atoms with Gasteiger partial charge in [0, 0.05) is 0 Å². The summed E-state index contributed by atoms with van der Waals surface area (Å²) in [7, 11) is 0. The molecule has 3 aromatic rings. The van der Waals surface area contributed by atoms with Crippen molar-refractivity contribution in [3.63, 3.8) is 0 Å². The Morgan fingerprint density at radius 3 is 2.73 bits per heavy atom. The Labute approximate surface area is 161 Å². The maximum atomic E-state index is 12.5. The van der Waals surface area contributed by atoms with E-state index >= 15 is 0 Å². The van der Waals surface area contributed by atoms with Crippen LogP contribution < -0.4 is 5.32 Å². The Morgan fingerprint density at radius 1 is 1.23 bits per heavy atom. The number of thiazole rings is 1. The molecule has 0 atom stereocenters. The van der Waals surface area contributed by atoms with Gasteiger partial charge in [-0.25, -0.2) is 4.98 Å². The number of halogens is 1. The highest BCUT2D eigenvalue weighted by Gasteiger charge is 2.22. The monoisotopic (exact) mass is 408 g/mol. The fraction of sp³-hybridized carbons (Fsp3) is 0.176. The van der Waals surface area contributed by atoms with Crippen molar-refractivity contribution in [1.29, 1.82) is 0 Å². The predicted octanol–water partition coefficient (Wildman–Crippen LogP) is 4.40. The lowest BCUT2D eigenvalue weighted by Crippen LogP contribution is -2.15. The number of rotatable bonds is 6. The number of aromatic nitrogens is 1. The van der Waals surface area contributed by atoms with Gasteiger partial charge in [-0.05, 0) is 25.1 Å². The maximum Gasteiger partial charge on any atom is 0.313 e. The summed E-state index contributed by atoms with van der Waals surface area (Å²) in [5.41, 5.74) is 0.910. The molecule has 0 unspecified atom stereocenters. The molecule has 1 N–H and O–H groups in total. The molecule has 1 amide bonds. The first-order valence-electron chi connectivity index (χ1n) is 7.63. The van der Waals surface area contributed by atoms with Gasteiger partial charge in [-0.2, -0.15) is 0 Å². The van der Waals surface area contributed by atoms with E-state index in [4.69, 9.17) is 16.3 Å². The van der Waals surface area contributed by atoms with E-state index in [1.807, 2.05) is 24.3 Å². The SMILES string of the molecule is CCOC(=O)CC(=O)c1cc(Cl)sc1NC(=O)c1nc2ccccc2s1. The molecular weight excluding hydrogens is 396 g/mol. The minimum Gasteiger partial charge on any atom is -0.466 e. The second-order valence-corrected chi connectivity index (χ2v) is 7.85. The number of thiophene rings is 1. The van der Waals surface area contributed by atoms with Crippen LogP contribution in [0.2, 0.25) is 4.34 Å². The number of esters is 1. The average molecular weight is 409 g/mol. The van der Waals surface area contributed by atoms with Gasteiger partial charge in [0.15, 0.2) is 10.8 Å². The minimum absolute atomic E-state index is 0.183. The summed E-state index contributed by atoms with van der Waals surface area (Å²) in [5.74, 6) is -1.52. The molecule has 0 aliphatic carbocycles. The molecule has 0 aliphatic rings. The van der Waals surface area contributed by atoms with Gasteiger partial charge in [-0.15, -0.1) is 22.7 Å². The summed E-state index contributed by atoms with van der Waals surface area (Å²) >= 11 is 8.29. The summed E-state index contributed by atoms with van der Waals surface area (Å²) < 4.78 is 6.00. The van der Waals surface area contributed by atoms with Gasteiger partial charge in [0.25, 0.3) is 5.91 Å². The third-order valence-corrected chi connectivity index (χ3v) is 5.54. The van der Waals surface area contributed by atoms with E-state index in [-0.39, 0.29) is 22.2 Å². The summed E-state index contributed by atoms with van der Waals surface area (Å²) in [5, 5.41) is 3.23. The van der Waals surface area contributed by atoms with E-state index < -0.39 is 24.1 Å². The number of anilines is 1. The molecule has 6 nitrogen and oxygen atoms in total. The summed E-state index contributed by atoms with van der Waals surface area (Å²) in [6.07, 6.45) is -0.412. The lowest BCUT2D eigenvalue weighted by atomic mass is 10.1. The highest BCUT2D eigenvalue weighted by Crippen LogP contribution is 2.33. The minimum atomic E-state index is -0.622. The molecule has 0 saturated carbocycles. The number of Topliss-reactive ketones (excluding diaryl/α,β-unsaturated/α-hetero) is 1. The third-order valence-electron chi connectivity index (χ3n) is 3.33. The fourth-order valence-corrected chi connectivity index (χ4v) is 4.22. The van der Waals surface area contributed by atoms with Crippen molar-refractivity contribution in [1.82, 2.24) is 4.98 Å². The molecule has 0 aliphatic heterocycles. The molecule has 134 valence electrons. The standard InChI is InChI=1S/C17H13ClN2O4S2/c1-2-24-14(22)8-11(21)9-7-13(18)26-16(9)20-15(23)17-19-10-5-3-4-6-12(10)25-17/h3-7H,2,8H2,1H3,(H,20,23). The molecule has 9 heteroatoms. The second-order valence-electron chi connectivity index (χ2n) is 5.14. The van der Waals surface area contributed by atoms with Crippen LogP contribution in [0.15, 0.2) is 30.3 Å². The highest BCUT2D eigenvalue weighted by molar-refractivity contribution is 7.21. The topological polar surface area (TPSA) is 85.4 Å². The summed E-state index contributed by atoms with van der Waals surface area (Å²) in [4.78, 5) is 40.6. The van der Waals surface area contributed by atoms with Crippen LogP contribution in [0.3, 0.4) is 0 Å². The summed E-state index contributed by atoms with van der Waals surface area (Å²) in [6, 6.07) is 8.84. The molecule has 1 aromatic carbocycles. The normalized spacial score (nSPS) is 10.7. The number of carbonyl (C=O) groups excluding carboxylic acids is 3. The van der Waals surface area contributed by atoms with E-state index in [1.54, 1.807) is 6.92 Å². The Hall–Kier alpha value is -2.29. The molecule has 3 rings (SSSR count). The van der Waals surface area contributed by atoms with E-state index in [0.717, 1.165) is 21.6 Å². The Bertz CT molecular complexity index is 963. The number of benzene rings is 1. The average Bonchev–Trinajstić information content (AvgIpc) is 3.18. The molecule has 0 spiro atoms. The summed E-state index contributed by atoms with van der Waals surface area (Å²) in [6.45, 7) is 1.85. The lowest BCUT2D eigenvalue weighted by molar-refractivity contribution is -0.141. The molecule has 0 saturated heterocycles. The lowest BCUT2D eigenvalue weighted by Gasteiger charge is -2.04. The zero-order valence-electron chi connectivity index (χ0n) is 13.6. The smallest absolute Gasteiger partial charge is 0.313 e. The van der Waals surface area contributed by atoms with Crippen LogP contribution in [0.25, 0.3) is 10.2 Å². The zero-order valence-corrected chi connectivity index (χ0v) is 16.0. The van der Waals surface area contributed by atoms with Crippen molar-refractivity contribution in [2.24, 2.45) is 0 Å². The molecule has 26 heavy (non-hydrogen) atoms. The maximum absolute atomic E-state index is 12.5. The fourth-order valence-electron chi connectivity index (χ4n) is 2.23. The Morgan fingerprint density at radius 2 is 2.00 bits per heavy atom. The van der Waals surface area contributed by atoms with Crippen molar-refractivity contribution < 1.29 is 19.1 Å². The first kappa shape index (κ1) is 18.5. The molecular formula is C17H13ClN2O4S2. The van der Waals surface area contributed by atoms with Crippen LogP contribution in [0, 0.1) is 0 Å². The molecule has 0 radical (unpaired) electrons. The molecule has 2 aromatic heterocycles. The number of hydrogen-bond acceptors (Lipinski definition) is 7. The van der Waals surface area contributed by atoms with Crippen molar-refractivity contribution in [3.8, 4) is 0 Å². The van der Waals surface area contributed by atoms with E-state index in [2.05, 4.69) is 10.3 Å². The highest BCUT2D eigenvalue weighted by atomic mass is 35.5. The van der Waals surface area contributed by atoms with Gasteiger partial charge in [0.2, 0.25) is 0 Å². The first-order valence-corrected chi connectivity index (χ1v) is 9.64. The van der Waals surface area contributed by atoms with Gasteiger partial charge in [0.1, 0.15) is 11.4 Å². The zero-order chi connectivity index (χ0) is 18.7. The first-order chi connectivity index (χ1) is 12.5. The molecule has 0 fully saturated rings. The molecule has 2 heterocycles. The van der Waals surface area contributed by atoms with Gasteiger partial charge in [0.05, 0.1) is 26.7 Å². The third kappa shape index (κ3) is 4.09. The second kappa shape index (κ2) is 7.94. The van der Waals surface area contributed by atoms with E-state index in [1.165, 1.54) is 17.4 Å². The van der Waals surface area contributed by atoms with Gasteiger partial charge in [-0.3, -0.25) is 14.4 Å². The van der Waals surface area contributed by atoms with Crippen LogP contribution in [-0.2, 0) is 9.53 Å². The van der Waals surface area contributed by atoms with Crippen molar-refractivity contribution in [3.05, 3.63) is 45.2 Å². The van der Waals surface area contributed by atoms with Crippen LogP contribution in [0.5, 0.6) is 0 Å². The van der Waals surface area contributed by atoms with Gasteiger partial charge in [-0.1, -0.05) is 23.7 Å². The van der Waals surface area contributed by atoms with Crippen LogP contribution >= 0.6 is 34.3 Å². The number of ether oxygens (including phenoxy) is 1. The number of fused-ring (bicyclic) bond motifs is 1. The number of nitrogens with zero attached hydrogens (tertiary/aromatic N) is 1. The Kier molecular flexibility index (Phi) is 5.65. The van der Waals surface area contributed by atoms with Gasteiger partial charge >= 0.3 is 5.97 Å². The number of para-hydroxylation sites is 1. The number of hydrogen-bond donors (Lipinski definition) is 1. The predicted molar refractivity (Wildman–Crippen MR) is 102 cm³/mol.